The van der Waals surface area contributed by atoms with E-state index in [-0.39, 0.29) is 5.91 Å². The van der Waals surface area contributed by atoms with Gasteiger partial charge in [0.25, 0.3) is 5.91 Å². The maximum Gasteiger partial charge on any atom is 0.328 e. The number of hydrogen-bond acceptors (Lipinski definition) is 2. The number of carbonyl (C=O) groups is 2. The van der Waals surface area contributed by atoms with Crippen molar-refractivity contribution in [2.24, 2.45) is 5.92 Å². The molecular weight excluding hydrogens is 254 g/mol. The molecule has 0 spiro atoms. The van der Waals surface area contributed by atoms with Gasteiger partial charge in [0.1, 0.15) is 0 Å². The van der Waals surface area contributed by atoms with Crippen molar-refractivity contribution in [2.45, 2.75) is 20.3 Å². The van der Waals surface area contributed by atoms with E-state index < -0.39 is 5.97 Å². The van der Waals surface area contributed by atoms with Crippen LogP contribution in [-0.4, -0.2) is 35.0 Å². The molecule has 1 aromatic carbocycles. The highest BCUT2D eigenvalue weighted by atomic mass is 16.4. The number of benzene rings is 1. The second kappa shape index (κ2) is 5.90. The summed E-state index contributed by atoms with van der Waals surface area (Å²) in [6.07, 6.45) is 3.67. The predicted octanol–water partition coefficient (Wildman–Crippen LogP) is 2.57. The molecule has 1 aliphatic rings. The zero-order valence-corrected chi connectivity index (χ0v) is 11.8. The van der Waals surface area contributed by atoms with E-state index in [0.717, 1.165) is 36.7 Å². The summed E-state index contributed by atoms with van der Waals surface area (Å²) in [7, 11) is 0. The fourth-order valence-corrected chi connectivity index (χ4v) is 2.52. The fraction of sp³-hybridized carbons (Fsp3) is 0.375. The number of nitrogens with zero attached hydrogens (tertiary/aromatic N) is 1. The van der Waals surface area contributed by atoms with Crippen molar-refractivity contribution in [1.82, 2.24) is 4.90 Å². The van der Waals surface area contributed by atoms with E-state index in [1.807, 2.05) is 17.9 Å². The van der Waals surface area contributed by atoms with Crippen molar-refractivity contribution >= 4 is 18.0 Å². The monoisotopic (exact) mass is 273 g/mol. The van der Waals surface area contributed by atoms with Gasteiger partial charge in [0.2, 0.25) is 0 Å². The maximum atomic E-state index is 12.5. The molecule has 0 radical (unpaired) electrons. The quantitative estimate of drug-likeness (QED) is 0.861. The van der Waals surface area contributed by atoms with Gasteiger partial charge in [-0.15, -0.1) is 0 Å². The minimum Gasteiger partial charge on any atom is -0.478 e. The van der Waals surface area contributed by atoms with Crippen LogP contribution in [0.4, 0.5) is 0 Å². The number of carbonyl (C=O) groups excluding carboxylic acids is 1. The molecule has 20 heavy (non-hydrogen) atoms. The van der Waals surface area contributed by atoms with Crippen LogP contribution in [-0.2, 0) is 4.79 Å². The molecule has 106 valence electrons. The van der Waals surface area contributed by atoms with Gasteiger partial charge in [0.05, 0.1) is 0 Å². The lowest BCUT2D eigenvalue weighted by Crippen LogP contribution is -2.29. The molecule has 1 unspecified atom stereocenters. The molecular formula is C16H19NO3. The maximum absolute atomic E-state index is 12.5. The Balaban J connectivity index is 2.26. The minimum atomic E-state index is -0.991. The molecule has 0 aliphatic carbocycles. The molecule has 4 heteroatoms. The van der Waals surface area contributed by atoms with Crippen LogP contribution in [0.2, 0.25) is 0 Å². The van der Waals surface area contributed by atoms with Crippen molar-refractivity contribution < 1.29 is 14.7 Å². The smallest absolute Gasteiger partial charge is 0.328 e. The third kappa shape index (κ3) is 3.07. The summed E-state index contributed by atoms with van der Waals surface area (Å²) in [6, 6.07) is 5.41. The minimum absolute atomic E-state index is 0.0393. The molecule has 1 aliphatic heterocycles. The Morgan fingerprint density at radius 3 is 2.75 bits per heavy atom. The van der Waals surface area contributed by atoms with Gasteiger partial charge >= 0.3 is 5.97 Å². The lowest BCUT2D eigenvalue weighted by Gasteiger charge is -2.18. The molecule has 1 saturated heterocycles. The summed E-state index contributed by atoms with van der Waals surface area (Å²) < 4.78 is 0. The van der Waals surface area contributed by atoms with Crippen molar-refractivity contribution in [1.29, 1.82) is 0 Å². The van der Waals surface area contributed by atoms with E-state index in [4.69, 9.17) is 5.11 Å². The molecule has 0 saturated carbocycles. The Morgan fingerprint density at radius 1 is 1.40 bits per heavy atom. The number of hydrogen-bond donors (Lipinski definition) is 1. The second-order valence-electron chi connectivity index (χ2n) is 5.34. The Bertz CT molecular complexity index is 563. The van der Waals surface area contributed by atoms with Crippen LogP contribution in [0.3, 0.4) is 0 Å². The first-order valence-electron chi connectivity index (χ1n) is 6.79. The van der Waals surface area contributed by atoms with E-state index in [1.54, 1.807) is 12.1 Å². The molecule has 1 heterocycles. The van der Waals surface area contributed by atoms with Crippen LogP contribution in [0.25, 0.3) is 6.08 Å². The molecule has 1 amide bonds. The van der Waals surface area contributed by atoms with Gasteiger partial charge in [-0.05, 0) is 42.5 Å². The highest BCUT2D eigenvalue weighted by Gasteiger charge is 2.25. The fourth-order valence-electron chi connectivity index (χ4n) is 2.52. The van der Waals surface area contributed by atoms with Crippen LogP contribution < -0.4 is 0 Å². The average molecular weight is 273 g/mol. The molecule has 0 bridgehead atoms. The van der Waals surface area contributed by atoms with E-state index in [1.165, 1.54) is 6.08 Å². The first-order valence-corrected chi connectivity index (χ1v) is 6.79. The van der Waals surface area contributed by atoms with Crippen LogP contribution in [0.1, 0.15) is 34.8 Å². The van der Waals surface area contributed by atoms with E-state index in [2.05, 4.69) is 6.92 Å². The summed E-state index contributed by atoms with van der Waals surface area (Å²) in [5.41, 5.74) is 2.26. The molecule has 2 rings (SSSR count). The number of rotatable bonds is 3. The molecule has 1 aromatic rings. The highest BCUT2D eigenvalue weighted by Crippen LogP contribution is 2.21. The summed E-state index contributed by atoms with van der Waals surface area (Å²) >= 11 is 0. The van der Waals surface area contributed by atoms with Gasteiger partial charge in [-0.2, -0.15) is 0 Å². The molecule has 1 fully saturated rings. The van der Waals surface area contributed by atoms with Gasteiger partial charge in [-0.3, -0.25) is 4.79 Å². The summed E-state index contributed by atoms with van der Waals surface area (Å²) in [4.78, 5) is 24.9. The van der Waals surface area contributed by atoms with Crippen molar-refractivity contribution in [2.75, 3.05) is 13.1 Å². The van der Waals surface area contributed by atoms with E-state index in [0.29, 0.717) is 11.5 Å². The first kappa shape index (κ1) is 14.3. The number of carboxylic acid groups (broad SMARTS) is 1. The molecule has 4 nitrogen and oxygen atoms in total. The van der Waals surface area contributed by atoms with Crippen molar-refractivity contribution in [3.8, 4) is 0 Å². The first-order chi connectivity index (χ1) is 9.49. The third-order valence-corrected chi connectivity index (χ3v) is 3.72. The van der Waals surface area contributed by atoms with Crippen LogP contribution in [0, 0.1) is 12.8 Å². The van der Waals surface area contributed by atoms with Gasteiger partial charge in [0.15, 0.2) is 0 Å². The lowest BCUT2D eigenvalue weighted by atomic mass is 10.0. The Kier molecular flexibility index (Phi) is 4.23. The van der Waals surface area contributed by atoms with Gasteiger partial charge < -0.3 is 10.0 Å². The topological polar surface area (TPSA) is 57.6 Å². The number of amides is 1. The largest absolute Gasteiger partial charge is 0.478 e. The molecule has 1 N–H and O–H groups in total. The lowest BCUT2D eigenvalue weighted by molar-refractivity contribution is -0.131. The van der Waals surface area contributed by atoms with Crippen LogP contribution >= 0.6 is 0 Å². The van der Waals surface area contributed by atoms with Crippen molar-refractivity contribution in [3.05, 3.63) is 41.0 Å². The van der Waals surface area contributed by atoms with Gasteiger partial charge in [-0.1, -0.05) is 19.1 Å². The summed E-state index contributed by atoms with van der Waals surface area (Å²) in [5, 5.41) is 8.68. The molecule has 1 atom stereocenters. The Morgan fingerprint density at radius 2 is 2.15 bits per heavy atom. The Labute approximate surface area is 118 Å². The predicted molar refractivity (Wildman–Crippen MR) is 77.5 cm³/mol. The normalized spacial score (nSPS) is 18.7. The molecule has 0 aromatic heterocycles. The standard InChI is InChI=1S/C16H19NO3/c1-11-8-9-17(10-11)16(20)14-5-3-4-13(12(14)2)6-7-15(18)19/h3-7,11H,8-10H2,1-2H3,(H,18,19). The zero-order valence-electron chi connectivity index (χ0n) is 11.8. The second-order valence-corrected chi connectivity index (χ2v) is 5.34. The number of likely N-dealkylation sites (tertiary alicyclic amines) is 1. The van der Waals surface area contributed by atoms with Crippen LogP contribution in [0.15, 0.2) is 24.3 Å². The number of aliphatic carboxylic acids is 1. The van der Waals surface area contributed by atoms with E-state index >= 15 is 0 Å². The highest BCUT2D eigenvalue weighted by molar-refractivity contribution is 5.97. The number of carboxylic acids is 1. The summed E-state index contributed by atoms with van der Waals surface area (Å²) in [6.45, 7) is 5.60. The average Bonchev–Trinajstić information content (AvgIpc) is 2.83. The SMILES string of the molecule is Cc1c(C=CC(=O)O)cccc1C(=O)N1CCC(C)C1. The van der Waals surface area contributed by atoms with Crippen molar-refractivity contribution in [3.63, 3.8) is 0 Å². The van der Waals surface area contributed by atoms with Crippen LogP contribution in [0.5, 0.6) is 0 Å². The van der Waals surface area contributed by atoms with Gasteiger partial charge in [0, 0.05) is 24.7 Å². The third-order valence-electron chi connectivity index (χ3n) is 3.72. The van der Waals surface area contributed by atoms with Gasteiger partial charge in [-0.25, -0.2) is 4.79 Å². The Hall–Kier alpha value is -2.10. The zero-order chi connectivity index (χ0) is 14.7. The summed E-state index contributed by atoms with van der Waals surface area (Å²) in [5.74, 6) is -0.402. The van der Waals surface area contributed by atoms with E-state index in [9.17, 15) is 9.59 Å².